The van der Waals surface area contributed by atoms with Gasteiger partial charge in [0.2, 0.25) is 10.0 Å². The molecular weight excluding hydrogens is 370 g/mol. The van der Waals surface area contributed by atoms with Crippen LogP contribution in [0.3, 0.4) is 0 Å². The van der Waals surface area contributed by atoms with E-state index in [4.69, 9.17) is 4.74 Å². The van der Waals surface area contributed by atoms with Gasteiger partial charge in [0.25, 0.3) is 0 Å². The quantitative estimate of drug-likeness (QED) is 0.649. The molecule has 0 aromatic heterocycles. The Balaban J connectivity index is 1.36. The van der Waals surface area contributed by atoms with E-state index in [2.05, 4.69) is 6.07 Å². The second-order valence-corrected chi connectivity index (χ2v) is 9.74. The first-order chi connectivity index (χ1) is 13.6. The van der Waals surface area contributed by atoms with Crippen molar-refractivity contribution in [1.29, 1.82) is 0 Å². The van der Waals surface area contributed by atoms with Crippen LogP contribution in [0.4, 0.5) is 0 Å². The zero-order chi connectivity index (χ0) is 19.2. The predicted molar refractivity (Wildman–Crippen MR) is 110 cm³/mol. The number of ether oxygens (including phenoxy) is 1. The van der Waals surface area contributed by atoms with Gasteiger partial charge in [-0.1, -0.05) is 48.5 Å². The molecule has 0 unspecified atom stereocenters. The lowest BCUT2D eigenvalue weighted by molar-refractivity contribution is 0.00181. The Bertz CT molecular complexity index is 1130. The molecule has 0 saturated carbocycles. The van der Waals surface area contributed by atoms with E-state index in [0.717, 1.165) is 42.2 Å². The number of rotatable bonds is 2. The van der Waals surface area contributed by atoms with Crippen LogP contribution in [0.2, 0.25) is 0 Å². The summed E-state index contributed by atoms with van der Waals surface area (Å²) >= 11 is 0. The van der Waals surface area contributed by atoms with E-state index in [1.54, 1.807) is 16.4 Å². The first kappa shape index (κ1) is 17.7. The van der Waals surface area contributed by atoms with Gasteiger partial charge < -0.3 is 4.74 Å². The fourth-order valence-electron chi connectivity index (χ4n) is 4.42. The van der Waals surface area contributed by atoms with Gasteiger partial charge in [0.15, 0.2) is 0 Å². The van der Waals surface area contributed by atoms with E-state index >= 15 is 0 Å². The Morgan fingerprint density at radius 1 is 0.821 bits per heavy atom. The summed E-state index contributed by atoms with van der Waals surface area (Å²) in [5, 5.41) is 2.00. The SMILES string of the molecule is O=S(=O)(c1ccc2ccccc2c1)N1CCC2(CCc3ccccc3O2)CC1. The van der Waals surface area contributed by atoms with Gasteiger partial charge in [0.05, 0.1) is 4.90 Å². The summed E-state index contributed by atoms with van der Waals surface area (Å²) in [7, 11) is -3.49. The third-order valence-electron chi connectivity index (χ3n) is 6.14. The molecule has 0 radical (unpaired) electrons. The minimum Gasteiger partial charge on any atom is -0.487 e. The lowest BCUT2D eigenvalue weighted by Crippen LogP contribution is -2.51. The Hall–Kier alpha value is -2.37. The molecule has 0 aliphatic carbocycles. The molecule has 3 aromatic carbocycles. The van der Waals surface area contributed by atoms with Crippen molar-refractivity contribution >= 4 is 20.8 Å². The molecule has 0 amide bonds. The second kappa shape index (κ2) is 6.61. The van der Waals surface area contributed by atoms with Crippen molar-refractivity contribution in [3.63, 3.8) is 0 Å². The van der Waals surface area contributed by atoms with Crippen LogP contribution in [0.15, 0.2) is 71.6 Å². The average Bonchev–Trinajstić information content (AvgIpc) is 2.73. The Morgan fingerprint density at radius 3 is 2.36 bits per heavy atom. The molecule has 3 aromatic rings. The molecule has 144 valence electrons. The highest BCUT2D eigenvalue weighted by Crippen LogP contribution is 2.40. The van der Waals surface area contributed by atoms with Crippen molar-refractivity contribution in [3.05, 3.63) is 72.3 Å². The van der Waals surface area contributed by atoms with E-state index < -0.39 is 10.0 Å². The molecule has 1 spiro atoms. The molecular formula is C23H23NO3S. The van der Waals surface area contributed by atoms with Gasteiger partial charge in [-0.05, 0) is 47.4 Å². The zero-order valence-corrected chi connectivity index (χ0v) is 16.5. The molecule has 1 fully saturated rings. The van der Waals surface area contributed by atoms with Gasteiger partial charge in [-0.25, -0.2) is 8.42 Å². The van der Waals surface area contributed by atoms with Crippen molar-refractivity contribution in [2.75, 3.05) is 13.1 Å². The first-order valence-corrected chi connectivity index (χ1v) is 11.3. The maximum Gasteiger partial charge on any atom is 0.243 e. The zero-order valence-electron chi connectivity index (χ0n) is 15.7. The standard InChI is InChI=1S/C23H23NO3S/c25-28(26,21-10-9-18-5-1-2-7-20(18)17-21)24-15-13-23(14-16-24)12-11-19-6-3-4-8-22(19)27-23/h1-10,17H,11-16H2. The van der Waals surface area contributed by atoms with E-state index in [-0.39, 0.29) is 5.60 Å². The van der Waals surface area contributed by atoms with E-state index in [1.807, 2.05) is 48.5 Å². The topological polar surface area (TPSA) is 46.6 Å². The smallest absolute Gasteiger partial charge is 0.243 e. The lowest BCUT2D eigenvalue weighted by Gasteiger charge is -2.44. The van der Waals surface area contributed by atoms with Crippen molar-refractivity contribution in [3.8, 4) is 5.75 Å². The largest absolute Gasteiger partial charge is 0.487 e. The highest BCUT2D eigenvalue weighted by Gasteiger charge is 2.42. The molecule has 0 N–H and O–H groups in total. The summed E-state index contributed by atoms with van der Waals surface area (Å²) in [5.41, 5.74) is 1.02. The van der Waals surface area contributed by atoms with E-state index in [0.29, 0.717) is 18.0 Å². The highest BCUT2D eigenvalue weighted by atomic mass is 32.2. The Labute approximate surface area is 165 Å². The maximum absolute atomic E-state index is 13.2. The maximum atomic E-state index is 13.2. The summed E-state index contributed by atoms with van der Waals surface area (Å²) in [4.78, 5) is 0.372. The number of fused-ring (bicyclic) bond motifs is 2. The minimum atomic E-state index is -3.49. The second-order valence-electron chi connectivity index (χ2n) is 7.81. The molecule has 0 atom stereocenters. The van der Waals surface area contributed by atoms with Gasteiger partial charge in [0, 0.05) is 25.9 Å². The number of aryl methyl sites for hydroxylation is 1. The van der Waals surface area contributed by atoms with E-state index in [1.165, 1.54) is 5.56 Å². The van der Waals surface area contributed by atoms with Crippen LogP contribution >= 0.6 is 0 Å². The first-order valence-electron chi connectivity index (χ1n) is 9.82. The average molecular weight is 394 g/mol. The molecule has 5 rings (SSSR count). The molecule has 1 saturated heterocycles. The molecule has 2 heterocycles. The number of nitrogens with zero attached hydrogens (tertiary/aromatic N) is 1. The van der Waals surface area contributed by atoms with Gasteiger partial charge in [-0.3, -0.25) is 0 Å². The minimum absolute atomic E-state index is 0.232. The molecule has 0 bridgehead atoms. The van der Waals surface area contributed by atoms with Crippen molar-refractivity contribution in [2.24, 2.45) is 0 Å². The van der Waals surface area contributed by atoms with Crippen LogP contribution in [0, 0.1) is 0 Å². The van der Waals surface area contributed by atoms with Crippen LogP contribution in [-0.4, -0.2) is 31.4 Å². The molecule has 4 nitrogen and oxygen atoms in total. The van der Waals surface area contributed by atoms with Crippen LogP contribution < -0.4 is 4.74 Å². The normalized spacial score (nSPS) is 19.3. The van der Waals surface area contributed by atoms with Crippen LogP contribution in [0.5, 0.6) is 5.75 Å². The number of benzene rings is 3. The van der Waals surface area contributed by atoms with Crippen molar-refractivity contribution in [1.82, 2.24) is 4.31 Å². The fraction of sp³-hybridized carbons (Fsp3) is 0.304. The third kappa shape index (κ3) is 2.99. The Kier molecular flexibility index (Phi) is 4.18. The predicted octanol–water partition coefficient (Wildman–Crippen LogP) is 4.39. The van der Waals surface area contributed by atoms with Crippen LogP contribution in [0.25, 0.3) is 10.8 Å². The number of sulfonamides is 1. The summed E-state index contributed by atoms with van der Waals surface area (Å²) < 4.78 is 34.4. The molecule has 2 aliphatic heterocycles. The van der Waals surface area contributed by atoms with Crippen molar-refractivity contribution < 1.29 is 13.2 Å². The summed E-state index contributed by atoms with van der Waals surface area (Å²) in [5.74, 6) is 0.958. The number of para-hydroxylation sites is 1. The highest BCUT2D eigenvalue weighted by molar-refractivity contribution is 7.89. The van der Waals surface area contributed by atoms with Gasteiger partial charge in [-0.15, -0.1) is 0 Å². The monoisotopic (exact) mass is 393 g/mol. The van der Waals surface area contributed by atoms with Gasteiger partial charge in [0.1, 0.15) is 11.4 Å². The molecule has 2 aliphatic rings. The Morgan fingerprint density at radius 2 is 1.54 bits per heavy atom. The fourth-order valence-corrected chi connectivity index (χ4v) is 5.90. The summed E-state index contributed by atoms with van der Waals surface area (Å²) in [6.07, 6.45) is 3.41. The molecule has 28 heavy (non-hydrogen) atoms. The van der Waals surface area contributed by atoms with Gasteiger partial charge >= 0.3 is 0 Å². The number of piperidine rings is 1. The molecule has 5 heteroatoms. The van der Waals surface area contributed by atoms with Crippen molar-refractivity contribution in [2.45, 2.75) is 36.2 Å². The number of hydrogen-bond donors (Lipinski definition) is 0. The van der Waals surface area contributed by atoms with E-state index in [9.17, 15) is 8.42 Å². The summed E-state index contributed by atoms with van der Waals surface area (Å²) in [6, 6.07) is 21.4. The van der Waals surface area contributed by atoms with Crippen LogP contribution in [0.1, 0.15) is 24.8 Å². The lowest BCUT2D eigenvalue weighted by atomic mass is 9.84. The van der Waals surface area contributed by atoms with Crippen LogP contribution in [-0.2, 0) is 16.4 Å². The third-order valence-corrected chi connectivity index (χ3v) is 8.04. The summed E-state index contributed by atoms with van der Waals surface area (Å²) in [6.45, 7) is 0.995. The number of hydrogen-bond acceptors (Lipinski definition) is 3. The van der Waals surface area contributed by atoms with Gasteiger partial charge in [-0.2, -0.15) is 4.31 Å².